The van der Waals surface area contributed by atoms with E-state index in [4.69, 9.17) is 16.3 Å². The van der Waals surface area contributed by atoms with E-state index >= 15 is 0 Å². The fraction of sp³-hybridized carbons (Fsp3) is 0.200. The summed E-state index contributed by atoms with van der Waals surface area (Å²) in [4.78, 5) is 0.227. The molecule has 0 spiro atoms. The van der Waals surface area contributed by atoms with Gasteiger partial charge in [-0.15, -0.1) is 0 Å². The standard InChI is InChI=1S/C15H15ClO4S/c1-10(17)11-3-8-15(14(16)9-11)20-12-4-6-13(7-5-12)21(2,18)19/h3-10,17H,1-2H3/t10-/m1/s1. The van der Waals surface area contributed by atoms with E-state index < -0.39 is 15.9 Å². The van der Waals surface area contributed by atoms with E-state index in [1.807, 2.05) is 0 Å². The van der Waals surface area contributed by atoms with Crippen molar-refractivity contribution in [3.8, 4) is 11.5 Å². The second kappa shape index (κ2) is 6.05. The fourth-order valence-electron chi connectivity index (χ4n) is 1.74. The number of sulfone groups is 1. The summed E-state index contributed by atoms with van der Waals surface area (Å²) in [6, 6.07) is 11.1. The number of hydrogen-bond donors (Lipinski definition) is 1. The van der Waals surface area contributed by atoms with Crippen LogP contribution in [0.1, 0.15) is 18.6 Å². The van der Waals surface area contributed by atoms with E-state index in [-0.39, 0.29) is 4.90 Å². The van der Waals surface area contributed by atoms with E-state index in [1.165, 1.54) is 12.1 Å². The van der Waals surface area contributed by atoms with Gasteiger partial charge in [-0.05, 0) is 48.9 Å². The molecule has 0 radical (unpaired) electrons. The monoisotopic (exact) mass is 326 g/mol. The van der Waals surface area contributed by atoms with Gasteiger partial charge in [-0.3, -0.25) is 0 Å². The topological polar surface area (TPSA) is 63.6 Å². The molecule has 2 rings (SSSR count). The number of hydrogen-bond acceptors (Lipinski definition) is 4. The second-order valence-corrected chi connectivity index (χ2v) is 7.13. The van der Waals surface area contributed by atoms with Gasteiger partial charge in [0.15, 0.2) is 9.84 Å². The van der Waals surface area contributed by atoms with Crippen LogP contribution in [0.25, 0.3) is 0 Å². The van der Waals surface area contributed by atoms with Crippen molar-refractivity contribution in [3.63, 3.8) is 0 Å². The van der Waals surface area contributed by atoms with Gasteiger partial charge < -0.3 is 9.84 Å². The van der Waals surface area contributed by atoms with Crippen LogP contribution in [0.4, 0.5) is 0 Å². The molecule has 0 fully saturated rings. The smallest absolute Gasteiger partial charge is 0.175 e. The molecule has 2 aromatic carbocycles. The lowest BCUT2D eigenvalue weighted by molar-refractivity contribution is 0.199. The molecule has 0 unspecified atom stereocenters. The summed E-state index contributed by atoms with van der Waals surface area (Å²) in [7, 11) is -3.23. The van der Waals surface area contributed by atoms with Crippen LogP contribution >= 0.6 is 11.6 Å². The first-order valence-corrected chi connectivity index (χ1v) is 8.50. The molecule has 1 N–H and O–H groups in total. The van der Waals surface area contributed by atoms with Crippen molar-refractivity contribution in [3.05, 3.63) is 53.1 Å². The van der Waals surface area contributed by atoms with Gasteiger partial charge in [0, 0.05) is 6.26 Å². The molecule has 0 bridgehead atoms. The van der Waals surface area contributed by atoms with Gasteiger partial charge in [-0.2, -0.15) is 0 Å². The minimum absolute atomic E-state index is 0.227. The normalized spacial score (nSPS) is 13.0. The number of rotatable bonds is 4. The van der Waals surface area contributed by atoms with Crippen molar-refractivity contribution < 1.29 is 18.3 Å². The molecule has 1 atom stereocenters. The molecular formula is C15H15ClO4S. The molecular weight excluding hydrogens is 312 g/mol. The van der Waals surface area contributed by atoms with E-state index in [9.17, 15) is 13.5 Å². The lowest BCUT2D eigenvalue weighted by Crippen LogP contribution is -1.96. The van der Waals surface area contributed by atoms with Crippen LogP contribution in [0.2, 0.25) is 5.02 Å². The van der Waals surface area contributed by atoms with Gasteiger partial charge in [0.2, 0.25) is 0 Å². The minimum atomic E-state index is -3.23. The SMILES string of the molecule is C[C@@H](O)c1ccc(Oc2ccc(S(C)(=O)=O)cc2)c(Cl)c1. The zero-order valence-corrected chi connectivity index (χ0v) is 13.1. The molecule has 0 aromatic heterocycles. The maximum Gasteiger partial charge on any atom is 0.175 e. The highest BCUT2D eigenvalue weighted by Gasteiger charge is 2.09. The van der Waals surface area contributed by atoms with E-state index in [0.717, 1.165) is 6.26 Å². The maximum atomic E-state index is 11.4. The summed E-state index contributed by atoms with van der Waals surface area (Å²) >= 11 is 6.10. The summed E-state index contributed by atoms with van der Waals surface area (Å²) in [5.41, 5.74) is 0.694. The van der Waals surface area contributed by atoms with Crippen molar-refractivity contribution >= 4 is 21.4 Å². The lowest BCUT2D eigenvalue weighted by Gasteiger charge is -2.11. The van der Waals surface area contributed by atoms with Gasteiger partial charge >= 0.3 is 0 Å². The van der Waals surface area contributed by atoms with Crippen LogP contribution in [0.15, 0.2) is 47.4 Å². The molecule has 0 aliphatic heterocycles. The third-order valence-electron chi connectivity index (χ3n) is 2.92. The maximum absolute atomic E-state index is 11.4. The van der Waals surface area contributed by atoms with Crippen molar-refractivity contribution in [1.29, 1.82) is 0 Å². The van der Waals surface area contributed by atoms with E-state index in [1.54, 1.807) is 37.3 Å². The number of halogens is 1. The summed E-state index contributed by atoms with van der Waals surface area (Å²) < 4.78 is 28.3. The number of ether oxygens (including phenoxy) is 1. The van der Waals surface area contributed by atoms with Crippen LogP contribution in [-0.4, -0.2) is 19.8 Å². The third-order valence-corrected chi connectivity index (χ3v) is 4.34. The van der Waals surface area contributed by atoms with Gasteiger partial charge in [0.25, 0.3) is 0 Å². The van der Waals surface area contributed by atoms with Gasteiger partial charge in [0.05, 0.1) is 16.0 Å². The highest BCUT2D eigenvalue weighted by Crippen LogP contribution is 2.32. The Bertz CT molecular complexity index is 737. The fourth-order valence-corrected chi connectivity index (χ4v) is 2.60. The Morgan fingerprint density at radius 3 is 2.24 bits per heavy atom. The molecule has 0 amide bonds. The molecule has 0 saturated carbocycles. The molecule has 0 saturated heterocycles. The highest BCUT2D eigenvalue weighted by molar-refractivity contribution is 7.90. The zero-order chi connectivity index (χ0) is 15.6. The number of aliphatic hydroxyl groups excluding tert-OH is 1. The molecule has 21 heavy (non-hydrogen) atoms. The van der Waals surface area contributed by atoms with Crippen LogP contribution in [0.5, 0.6) is 11.5 Å². The van der Waals surface area contributed by atoms with Crippen molar-refractivity contribution in [1.82, 2.24) is 0 Å². The first-order valence-electron chi connectivity index (χ1n) is 6.23. The zero-order valence-electron chi connectivity index (χ0n) is 11.6. The Balaban J connectivity index is 2.22. The molecule has 112 valence electrons. The molecule has 4 nitrogen and oxygen atoms in total. The largest absolute Gasteiger partial charge is 0.456 e. The minimum Gasteiger partial charge on any atom is -0.456 e. The first-order chi connectivity index (χ1) is 9.77. The average molecular weight is 327 g/mol. The van der Waals surface area contributed by atoms with Gasteiger partial charge in [-0.25, -0.2) is 8.42 Å². The van der Waals surface area contributed by atoms with Crippen LogP contribution in [-0.2, 0) is 9.84 Å². The van der Waals surface area contributed by atoms with Gasteiger partial charge in [0.1, 0.15) is 11.5 Å². The van der Waals surface area contributed by atoms with Crippen LogP contribution in [0, 0.1) is 0 Å². The lowest BCUT2D eigenvalue weighted by atomic mass is 10.1. The van der Waals surface area contributed by atoms with E-state index in [2.05, 4.69) is 0 Å². The van der Waals surface area contributed by atoms with Crippen LogP contribution < -0.4 is 4.74 Å². The number of benzene rings is 2. The van der Waals surface area contributed by atoms with Gasteiger partial charge in [-0.1, -0.05) is 17.7 Å². The Hall–Kier alpha value is -1.56. The third kappa shape index (κ3) is 3.97. The first kappa shape index (κ1) is 15.8. The highest BCUT2D eigenvalue weighted by atomic mass is 35.5. The Morgan fingerprint density at radius 2 is 1.76 bits per heavy atom. The van der Waals surface area contributed by atoms with Crippen molar-refractivity contribution in [2.24, 2.45) is 0 Å². The molecule has 6 heteroatoms. The summed E-state index contributed by atoms with van der Waals surface area (Å²) in [5.74, 6) is 0.919. The van der Waals surface area contributed by atoms with Crippen LogP contribution in [0.3, 0.4) is 0 Å². The molecule has 0 aliphatic carbocycles. The number of aliphatic hydroxyl groups is 1. The van der Waals surface area contributed by atoms with Crippen molar-refractivity contribution in [2.45, 2.75) is 17.9 Å². The Morgan fingerprint density at radius 1 is 1.14 bits per heavy atom. The predicted molar refractivity (Wildman–Crippen MR) is 81.7 cm³/mol. The Labute approximate surface area is 128 Å². The van der Waals surface area contributed by atoms with E-state index in [0.29, 0.717) is 22.1 Å². The molecule has 2 aromatic rings. The molecule has 0 heterocycles. The second-order valence-electron chi connectivity index (χ2n) is 4.71. The summed E-state index contributed by atoms with van der Waals surface area (Å²) in [6.45, 7) is 1.65. The summed E-state index contributed by atoms with van der Waals surface area (Å²) in [6.07, 6.45) is 0.541. The summed E-state index contributed by atoms with van der Waals surface area (Å²) in [5, 5.41) is 9.85. The quantitative estimate of drug-likeness (QED) is 0.932. The predicted octanol–water partition coefficient (Wildman–Crippen LogP) is 3.59. The Kier molecular flexibility index (Phi) is 4.56. The average Bonchev–Trinajstić information content (AvgIpc) is 2.40. The molecule has 0 aliphatic rings. The van der Waals surface area contributed by atoms with Crippen molar-refractivity contribution in [2.75, 3.05) is 6.26 Å².